The van der Waals surface area contributed by atoms with Crippen LogP contribution in [0.4, 0.5) is 11.6 Å². The van der Waals surface area contributed by atoms with Crippen molar-refractivity contribution in [3.05, 3.63) is 46.2 Å². The minimum atomic E-state index is -1.46. The molecule has 0 aliphatic carbocycles. The highest BCUT2D eigenvalue weighted by Gasteiger charge is 2.28. The third-order valence-corrected chi connectivity index (χ3v) is 9.94. The molecule has 4 atom stereocenters. The van der Waals surface area contributed by atoms with Crippen molar-refractivity contribution in [3.63, 3.8) is 0 Å². The summed E-state index contributed by atoms with van der Waals surface area (Å²) in [6, 6.07) is 8.18. The lowest BCUT2D eigenvalue weighted by Crippen LogP contribution is -2.47. The van der Waals surface area contributed by atoms with Gasteiger partial charge in [-0.15, -0.1) is 0 Å². The zero-order valence-electron chi connectivity index (χ0n) is 30.1. The number of nitrogen functional groups attached to an aromatic ring is 2. The van der Waals surface area contributed by atoms with Crippen LogP contribution in [0.1, 0.15) is 73.5 Å². The van der Waals surface area contributed by atoms with Crippen LogP contribution >= 0.6 is 11.6 Å². The molecule has 10 N–H and O–H groups in total. The maximum absolute atomic E-state index is 13.2. The number of anilines is 2. The highest BCUT2D eigenvalue weighted by Crippen LogP contribution is 2.20. The smallest absolute Gasteiger partial charge is 0.273 e. The molecule has 51 heavy (non-hydrogen) atoms. The molecule has 0 radical (unpaired) electrons. The number of hydrogen-bond acceptors (Lipinski definition) is 12. The van der Waals surface area contributed by atoms with Crippen molar-refractivity contribution in [1.82, 2.24) is 30.4 Å². The summed E-state index contributed by atoms with van der Waals surface area (Å²) in [6.07, 6.45) is 2.81. The molecule has 0 spiro atoms. The van der Waals surface area contributed by atoms with E-state index in [9.17, 15) is 24.9 Å². The summed E-state index contributed by atoms with van der Waals surface area (Å²) in [5.41, 5.74) is 13.9. The average molecular weight is 735 g/mol. The predicted octanol–water partition coefficient (Wildman–Crippen LogP) is 1.37. The molecular formula is C36H59ClN8O6. The van der Waals surface area contributed by atoms with Gasteiger partial charge in [0.25, 0.3) is 5.91 Å². The molecule has 1 aromatic heterocycles. The first kappa shape index (κ1) is 42.3. The van der Waals surface area contributed by atoms with Gasteiger partial charge >= 0.3 is 0 Å². The number of nitrogens with zero attached hydrogens (tertiary/aromatic N) is 4. The maximum atomic E-state index is 13.2. The number of aromatic nitrogens is 2. The molecule has 1 aliphatic heterocycles. The molecule has 0 saturated carbocycles. The van der Waals surface area contributed by atoms with Gasteiger partial charge in [0, 0.05) is 39.1 Å². The minimum Gasteiger partial charge on any atom is -0.394 e. The van der Waals surface area contributed by atoms with Crippen LogP contribution in [0.3, 0.4) is 0 Å². The SMILES string of the molecule is CCCCCCN(CCC(=O)N1CCC(CNC[C@H](CNC(=O)c2nc(Cl)c(N)nc2N)Cc2ccccc2C)CC1)C[C@H](O)[C@@H](O)[C@H](O)CO. The van der Waals surface area contributed by atoms with E-state index in [1.807, 2.05) is 21.9 Å². The third kappa shape index (κ3) is 14.1. The summed E-state index contributed by atoms with van der Waals surface area (Å²) in [6.45, 7) is 7.96. The first-order chi connectivity index (χ1) is 24.4. The lowest BCUT2D eigenvalue weighted by atomic mass is 9.94. The average Bonchev–Trinajstić information content (AvgIpc) is 3.12. The van der Waals surface area contributed by atoms with Crippen molar-refractivity contribution in [2.45, 2.75) is 83.5 Å². The van der Waals surface area contributed by atoms with Crippen LogP contribution in [0.25, 0.3) is 0 Å². The molecule has 1 aliphatic rings. The Labute approximate surface area is 307 Å². The second-order valence-corrected chi connectivity index (χ2v) is 14.1. The number of carbonyl (C=O) groups is 2. The number of benzene rings is 1. The van der Waals surface area contributed by atoms with E-state index in [2.05, 4.69) is 46.6 Å². The molecule has 0 bridgehead atoms. The zero-order chi connectivity index (χ0) is 37.3. The molecule has 15 heteroatoms. The molecule has 14 nitrogen and oxygen atoms in total. The maximum Gasteiger partial charge on any atom is 0.273 e. The molecule has 1 aromatic carbocycles. The van der Waals surface area contributed by atoms with Crippen LogP contribution in [0.15, 0.2) is 24.3 Å². The minimum absolute atomic E-state index is 0.0342. The fraction of sp³-hybridized carbons (Fsp3) is 0.667. The molecule has 2 amide bonds. The zero-order valence-corrected chi connectivity index (χ0v) is 30.9. The molecule has 1 saturated heterocycles. The van der Waals surface area contributed by atoms with Gasteiger partial charge in [-0.05, 0) is 75.2 Å². The molecule has 3 rings (SSSR count). The van der Waals surface area contributed by atoms with Crippen LogP contribution in [0.5, 0.6) is 0 Å². The first-order valence-corrected chi connectivity index (χ1v) is 18.6. The summed E-state index contributed by atoms with van der Waals surface area (Å²) in [5, 5.41) is 46.0. The largest absolute Gasteiger partial charge is 0.394 e. The Morgan fingerprint density at radius 3 is 2.43 bits per heavy atom. The van der Waals surface area contributed by atoms with Crippen molar-refractivity contribution in [1.29, 1.82) is 0 Å². The Kier molecular flexibility index (Phi) is 18.3. The number of nitrogens with one attached hydrogen (secondary N) is 2. The van der Waals surface area contributed by atoms with E-state index < -0.39 is 30.8 Å². The summed E-state index contributed by atoms with van der Waals surface area (Å²) < 4.78 is 0. The fourth-order valence-electron chi connectivity index (χ4n) is 6.38. The standard InChI is InChI=1S/C36H59ClN8O6/c1-3-4-5-8-14-44(22-28(47)32(50)29(48)23-46)15-13-30(49)45-16-11-25(12-17-45)19-40-20-26(18-27-10-7-6-9-24(27)2)21-41-36(51)31-34(38)43-35(39)33(37)42-31/h6-7,9-10,25-26,28-29,32,40,46-48,50H,3-5,8,11-23H2,1-2H3,(H,41,51)(H4,38,39,43)/t26-,28+,29-,32-/m1/s1. The molecule has 1 fully saturated rings. The van der Waals surface area contributed by atoms with Crippen molar-refractivity contribution in [2.75, 3.05) is 70.4 Å². The monoisotopic (exact) mass is 734 g/mol. The van der Waals surface area contributed by atoms with Gasteiger partial charge < -0.3 is 52.3 Å². The van der Waals surface area contributed by atoms with E-state index >= 15 is 0 Å². The highest BCUT2D eigenvalue weighted by molar-refractivity contribution is 6.31. The van der Waals surface area contributed by atoms with Crippen molar-refractivity contribution < 1.29 is 30.0 Å². The second-order valence-electron chi connectivity index (χ2n) is 13.7. The number of carbonyl (C=O) groups excluding carboxylic acids is 2. The topological polar surface area (TPSA) is 223 Å². The van der Waals surface area contributed by atoms with Crippen LogP contribution in [-0.2, 0) is 11.2 Å². The summed E-state index contributed by atoms with van der Waals surface area (Å²) >= 11 is 5.98. The number of aliphatic hydroxyl groups is 4. The van der Waals surface area contributed by atoms with Crippen molar-refractivity contribution in [2.24, 2.45) is 11.8 Å². The van der Waals surface area contributed by atoms with E-state index in [1.54, 1.807) is 0 Å². The molecule has 286 valence electrons. The molecular weight excluding hydrogens is 676 g/mol. The fourth-order valence-corrected chi connectivity index (χ4v) is 6.51. The van der Waals surface area contributed by atoms with Gasteiger partial charge in [0.2, 0.25) is 5.91 Å². The van der Waals surface area contributed by atoms with Crippen LogP contribution in [0, 0.1) is 18.8 Å². The Morgan fingerprint density at radius 2 is 1.75 bits per heavy atom. The van der Waals surface area contributed by atoms with E-state index in [0.717, 1.165) is 51.5 Å². The quantitative estimate of drug-likeness (QED) is 0.0804. The van der Waals surface area contributed by atoms with Crippen molar-refractivity contribution >= 4 is 35.1 Å². The lowest BCUT2D eigenvalue weighted by Gasteiger charge is -2.33. The van der Waals surface area contributed by atoms with Crippen LogP contribution in [-0.4, -0.2) is 129 Å². The van der Waals surface area contributed by atoms with E-state index in [4.69, 9.17) is 28.2 Å². The summed E-state index contributed by atoms with van der Waals surface area (Å²) in [5.74, 6) is -0.0463. The third-order valence-electron chi connectivity index (χ3n) is 9.66. The Bertz CT molecular complexity index is 1360. The number of halogens is 1. The number of rotatable bonds is 22. The number of likely N-dealkylation sites (tertiary alicyclic amines) is 1. The van der Waals surface area contributed by atoms with Gasteiger partial charge in [0.15, 0.2) is 22.5 Å². The normalized spacial score (nSPS) is 16.2. The summed E-state index contributed by atoms with van der Waals surface area (Å²) in [7, 11) is 0. The highest BCUT2D eigenvalue weighted by atomic mass is 35.5. The van der Waals surface area contributed by atoms with Gasteiger partial charge in [0.05, 0.1) is 12.7 Å². The lowest BCUT2D eigenvalue weighted by molar-refractivity contribution is -0.133. The van der Waals surface area contributed by atoms with Gasteiger partial charge in [-0.3, -0.25) is 9.59 Å². The number of nitrogens with two attached hydrogens (primary N) is 2. The predicted molar refractivity (Wildman–Crippen MR) is 199 cm³/mol. The summed E-state index contributed by atoms with van der Waals surface area (Å²) in [4.78, 5) is 37.9. The second kappa shape index (κ2) is 22.1. The van der Waals surface area contributed by atoms with E-state index in [0.29, 0.717) is 51.6 Å². The Morgan fingerprint density at radius 1 is 1.02 bits per heavy atom. The number of piperidine rings is 1. The Balaban J connectivity index is 1.48. The first-order valence-electron chi connectivity index (χ1n) is 18.2. The van der Waals surface area contributed by atoms with E-state index in [-0.39, 0.29) is 40.9 Å². The molecule has 2 heterocycles. The number of hydrogen-bond donors (Lipinski definition) is 8. The van der Waals surface area contributed by atoms with Crippen molar-refractivity contribution in [3.8, 4) is 0 Å². The number of unbranched alkanes of at least 4 members (excludes halogenated alkanes) is 3. The van der Waals surface area contributed by atoms with Crippen LogP contribution < -0.4 is 22.1 Å². The Hall–Kier alpha value is -3.11. The van der Waals surface area contributed by atoms with E-state index in [1.165, 1.54) is 11.1 Å². The number of aryl methyl sites for hydroxylation is 1. The van der Waals surface area contributed by atoms with Gasteiger partial charge in [-0.1, -0.05) is 62.1 Å². The number of amides is 2. The van der Waals surface area contributed by atoms with Gasteiger partial charge in [-0.25, -0.2) is 9.97 Å². The van der Waals surface area contributed by atoms with Crippen LogP contribution in [0.2, 0.25) is 5.15 Å². The molecule has 0 unspecified atom stereocenters. The molecule has 2 aromatic rings. The number of aliphatic hydroxyl groups excluding tert-OH is 4. The van der Waals surface area contributed by atoms with Gasteiger partial charge in [-0.2, -0.15) is 0 Å². The van der Waals surface area contributed by atoms with Gasteiger partial charge in [0.1, 0.15) is 12.2 Å².